The fourth-order valence-corrected chi connectivity index (χ4v) is 1.19. The first-order valence-corrected chi connectivity index (χ1v) is 3.73. The Hall–Kier alpha value is -0.680. The van der Waals surface area contributed by atoms with Crippen molar-refractivity contribution in [1.82, 2.24) is 15.4 Å². The van der Waals surface area contributed by atoms with Gasteiger partial charge in [-0.25, -0.2) is 10.5 Å². The molecule has 1 heterocycles. The molecule has 10 heavy (non-hydrogen) atoms. The number of rotatable bonds is 3. The van der Waals surface area contributed by atoms with E-state index in [1.54, 1.807) is 6.41 Å². The van der Waals surface area contributed by atoms with E-state index in [0.29, 0.717) is 0 Å². The van der Waals surface area contributed by atoms with Gasteiger partial charge in [0.05, 0.1) is 6.20 Å². The van der Waals surface area contributed by atoms with Crippen LogP contribution < -0.4 is 10.3 Å². The SMILES string of the molecule is CCC1=CN(N[C]=O)NS1. The largest absolute Gasteiger partial charge is 0.330 e. The molecule has 1 aliphatic heterocycles. The highest BCUT2D eigenvalue weighted by Crippen LogP contribution is 2.20. The summed E-state index contributed by atoms with van der Waals surface area (Å²) in [5.74, 6) is 0. The maximum atomic E-state index is 9.80. The zero-order chi connectivity index (χ0) is 7.40. The van der Waals surface area contributed by atoms with E-state index in [9.17, 15) is 4.79 Å². The summed E-state index contributed by atoms with van der Waals surface area (Å²) in [6, 6.07) is 0. The molecule has 0 aromatic carbocycles. The number of hydrazine groups is 2. The van der Waals surface area contributed by atoms with Crippen LogP contribution in [0.2, 0.25) is 0 Å². The van der Waals surface area contributed by atoms with Gasteiger partial charge in [-0.3, -0.25) is 4.79 Å². The summed E-state index contributed by atoms with van der Waals surface area (Å²) in [6.07, 6.45) is 4.34. The Kier molecular flexibility index (Phi) is 2.58. The molecular weight excluding hydrogens is 150 g/mol. The third-order valence-corrected chi connectivity index (χ3v) is 2.01. The Morgan fingerprint density at radius 1 is 2.00 bits per heavy atom. The highest BCUT2D eigenvalue weighted by atomic mass is 32.2. The summed E-state index contributed by atoms with van der Waals surface area (Å²) in [7, 11) is 0. The molecule has 0 aromatic heterocycles. The average molecular weight is 158 g/mol. The minimum atomic E-state index is 0.967. The minimum absolute atomic E-state index is 0.967. The van der Waals surface area contributed by atoms with Gasteiger partial charge in [-0.15, -0.1) is 0 Å². The van der Waals surface area contributed by atoms with Crippen LogP contribution >= 0.6 is 11.9 Å². The average Bonchev–Trinajstić information content (AvgIpc) is 2.37. The normalized spacial score (nSPS) is 16.9. The summed E-state index contributed by atoms with van der Waals surface area (Å²) in [5, 5.41) is 1.47. The molecule has 0 unspecified atom stereocenters. The highest BCUT2D eigenvalue weighted by Gasteiger charge is 2.09. The van der Waals surface area contributed by atoms with Crippen LogP contribution in [0.5, 0.6) is 0 Å². The van der Waals surface area contributed by atoms with Crippen molar-refractivity contribution in [2.45, 2.75) is 13.3 Å². The van der Waals surface area contributed by atoms with Gasteiger partial charge in [-0.05, 0) is 18.4 Å². The van der Waals surface area contributed by atoms with Gasteiger partial charge in [0.1, 0.15) is 0 Å². The van der Waals surface area contributed by atoms with Gasteiger partial charge in [0, 0.05) is 4.91 Å². The van der Waals surface area contributed by atoms with Crippen molar-refractivity contribution in [2.75, 3.05) is 0 Å². The molecule has 4 nitrogen and oxygen atoms in total. The lowest BCUT2D eigenvalue weighted by molar-refractivity contribution is 0.306. The van der Waals surface area contributed by atoms with Gasteiger partial charge in [-0.2, -0.15) is 4.83 Å². The van der Waals surface area contributed by atoms with Gasteiger partial charge in [0.2, 0.25) is 0 Å². The van der Waals surface area contributed by atoms with E-state index in [2.05, 4.69) is 17.2 Å². The molecule has 0 aliphatic carbocycles. The lowest BCUT2D eigenvalue weighted by Gasteiger charge is -2.09. The Bertz CT molecular complexity index is 159. The van der Waals surface area contributed by atoms with E-state index in [1.807, 2.05) is 6.20 Å². The zero-order valence-corrected chi connectivity index (χ0v) is 6.36. The van der Waals surface area contributed by atoms with E-state index in [4.69, 9.17) is 0 Å². The molecule has 2 N–H and O–H groups in total. The third-order valence-electron chi connectivity index (χ3n) is 1.06. The number of hydrogen-bond donors (Lipinski definition) is 2. The predicted octanol–water partition coefficient (Wildman–Crippen LogP) is 0.278. The molecule has 0 atom stereocenters. The van der Waals surface area contributed by atoms with Crippen molar-refractivity contribution >= 4 is 18.4 Å². The lowest BCUT2D eigenvalue weighted by atomic mass is 10.5. The smallest absolute Gasteiger partial charge is 0.262 e. The summed E-state index contributed by atoms with van der Waals surface area (Å²) in [4.78, 5) is 13.8. The van der Waals surface area contributed by atoms with Crippen molar-refractivity contribution < 1.29 is 4.79 Å². The van der Waals surface area contributed by atoms with E-state index in [0.717, 1.165) is 6.42 Å². The molecule has 0 saturated carbocycles. The van der Waals surface area contributed by atoms with Gasteiger partial charge in [-0.1, -0.05) is 6.92 Å². The maximum Gasteiger partial charge on any atom is 0.330 e. The molecule has 1 rings (SSSR count). The van der Waals surface area contributed by atoms with Gasteiger partial charge >= 0.3 is 6.41 Å². The van der Waals surface area contributed by atoms with Crippen molar-refractivity contribution in [3.8, 4) is 0 Å². The first-order chi connectivity index (χ1) is 4.86. The molecule has 55 valence electrons. The molecule has 0 saturated heterocycles. The van der Waals surface area contributed by atoms with Crippen LogP contribution in [0.1, 0.15) is 13.3 Å². The summed E-state index contributed by atoms with van der Waals surface area (Å²) < 4.78 is 0. The molecule has 1 radical (unpaired) electrons. The van der Waals surface area contributed by atoms with E-state index >= 15 is 0 Å². The number of nitrogens with one attached hydrogen (secondary N) is 2. The molecule has 0 fully saturated rings. The molecule has 5 heteroatoms. The monoisotopic (exact) mass is 158 g/mol. The van der Waals surface area contributed by atoms with Crippen LogP contribution in [0.3, 0.4) is 0 Å². The number of carbonyl (C=O) groups excluding carboxylic acids is 1. The van der Waals surface area contributed by atoms with Crippen LogP contribution in [-0.4, -0.2) is 11.5 Å². The molecular formula is C5H8N3OS. The predicted molar refractivity (Wildman–Crippen MR) is 39.8 cm³/mol. The first-order valence-electron chi connectivity index (χ1n) is 2.92. The van der Waals surface area contributed by atoms with Gasteiger partial charge in [0.25, 0.3) is 0 Å². The first kappa shape index (κ1) is 7.43. The Morgan fingerprint density at radius 3 is 3.30 bits per heavy atom. The fraction of sp³-hybridized carbons (Fsp3) is 0.400. The molecule has 0 bridgehead atoms. The Morgan fingerprint density at radius 2 is 2.80 bits per heavy atom. The van der Waals surface area contributed by atoms with Crippen molar-refractivity contribution in [2.24, 2.45) is 0 Å². The quantitative estimate of drug-likeness (QED) is 0.457. The van der Waals surface area contributed by atoms with Crippen molar-refractivity contribution in [1.29, 1.82) is 0 Å². The van der Waals surface area contributed by atoms with Gasteiger partial charge in [0.15, 0.2) is 0 Å². The fourth-order valence-electron chi connectivity index (χ4n) is 0.572. The number of nitrogens with zero attached hydrogens (tertiary/aromatic N) is 1. The summed E-state index contributed by atoms with van der Waals surface area (Å²) >= 11 is 1.49. The zero-order valence-electron chi connectivity index (χ0n) is 5.55. The standard InChI is InChI=1S/C5H8N3OS/c1-2-5-3-8(6-4-9)7-10-5/h3,7H,2H2,1H3,(H,6,9). The van der Waals surface area contributed by atoms with Crippen molar-refractivity contribution in [3.63, 3.8) is 0 Å². The molecule has 1 amide bonds. The van der Waals surface area contributed by atoms with E-state index < -0.39 is 0 Å². The second kappa shape index (κ2) is 3.48. The van der Waals surface area contributed by atoms with Crippen LogP contribution in [0.25, 0.3) is 0 Å². The molecule has 0 spiro atoms. The topological polar surface area (TPSA) is 44.4 Å². The lowest BCUT2D eigenvalue weighted by Crippen LogP contribution is -2.36. The summed E-state index contributed by atoms with van der Waals surface area (Å²) in [5.41, 5.74) is 2.33. The summed E-state index contributed by atoms with van der Waals surface area (Å²) in [6.45, 7) is 2.05. The second-order valence-electron chi connectivity index (χ2n) is 1.73. The maximum absolute atomic E-state index is 9.80. The molecule has 1 aliphatic rings. The van der Waals surface area contributed by atoms with Crippen LogP contribution in [0.15, 0.2) is 11.1 Å². The van der Waals surface area contributed by atoms with Gasteiger partial charge < -0.3 is 0 Å². The number of allylic oxidation sites excluding steroid dienone is 1. The van der Waals surface area contributed by atoms with Crippen LogP contribution in [0.4, 0.5) is 0 Å². The van der Waals surface area contributed by atoms with E-state index in [-0.39, 0.29) is 0 Å². The third kappa shape index (κ3) is 1.65. The van der Waals surface area contributed by atoms with Crippen LogP contribution in [0, 0.1) is 0 Å². The Labute approximate surface area is 63.7 Å². The Balaban J connectivity index is 2.38. The number of amides is 1. The van der Waals surface area contributed by atoms with Crippen LogP contribution in [-0.2, 0) is 4.79 Å². The second-order valence-corrected chi connectivity index (χ2v) is 2.64. The molecule has 0 aromatic rings. The number of hydrogen-bond acceptors (Lipinski definition) is 4. The van der Waals surface area contributed by atoms with E-state index in [1.165, 1.54) is 22.0 Å². The van der Waals surface area contributed by atoms with Crippen molar-refractivity contribution in [3.05, 3.63) is 11.1 Å². The highest BCUT2D eigenvalue weighted by molar-refractivity contribution is 8.01. The minimum Gasteiger partial charge on any atom is -0.262 e.